The lowest BCUT2D eigenvalue weighted by molar-refractivity contribution is -0.0387. The first-order valence-corrected chi connectivity index (χ1v) is 6.28. The van der Waals surface area contributed by atoms with Gasteiger partial charge >= 0.3 is 5.69 Å². The van der Waals surface area contributed by atoms with E-state index in [-0.39, 0.29) is 26.4 Å². The zero-order valence-corrected chi connectivity index (χ0v) is 11.3. The van der Waals surface area contributed by atoms with Crippen molar-refractivity contribution in [2.45, 2.75) is 19.6 Å². The fourth-order valence-corrected chi connectivity index (χ4v) is 1.63. The second-order valence-corrected chi connectivity index (χ2v) is 4.12. The number of aliphatic hydroxyl groups excluding tert-OH is 1. The molecule has 1 aromatic heterocycles. The summed E-state index contributed by atoms with van der Waals surface area (Å²) < 4.78 is 23.5. The Kier molecular flexibility index (Phi) is 7.13. The molecule has 0 aromatic carbocycles. The Labute approximate surface area is 115 Å². The van der Waals surface area contributed by atoms with E-state index in [4.69, 9.17) is 14.6 Å². The van der Waals surface area contributed by atoms with Crippen LogP contribution in [-0.4, -0.2) is 47.8 Å². The second kappa shape index (κ2) is 8.62. The Hall–Kier alpha value is -1.51. The first-order valence-electron chi connectivity index (χ1n) is 6.28. The molecule has 8 heteroatoms. The van der Waals surface area contributed by atoms with Crippen LogP contribution in [0.2, 0.25) is 0 Å². The maximum absolute atomic E-state index is 11.9. The van der Waals surface area contributed by atoms with E-state index in [2.05, 4.69) is 4.98 Å². The van der Waals surface area contributed by atoms with Crippen LogP contribution >= 0.6 is 0 Å². The summed E-state index contributed by atoms with van der Waals surface area (Å²) in [5, 5.41) is 8.79. The normalized spacial score (nSPS) is 12.6. The number of hydrogen-bond acceptors (Lipinski definition) is 5. The van der Waals surface area contributed by atoms with Gasteiger partial charge in [0.25, 0.3) is 5.56 Å². The van der Waals surface area contributed by atoms with Crippen molar-refractivity contribution in [1.82, 2.24) is 9.55 Å². The number of aromatic nitrogens is 2. The van der Waals surface area contributed by atoms with Crippen LogP contribution in [0.5, 0.6) is 0 Å². The highest BCUT2D eigenvalue weighted by atomic mass is 19.1. The molecular formula is C12H19FN2O5. The van der Waals surface area contributed by atoms with Gasteiger partial charge in [-0.25, -0.2) is 9.18 Å². The van der Waals surface area contributed by atoms with Crippen LogP contribution in [0.4, 0.5) is 4.39 Å². The van der Waals surface area contributed by atoms with E-state index in [1.165, 1.54) is 10.8 Å². The molecule has 0 spiro atoms. The summed E-state index contributed by atoms with van der Waals surface area (Å²) in [5.41, 5.74) is -0.693. The van der Waals surface area contributed by atoms with Crippen molar-refractivity contribution < 1.29 is 19.0 Å². The second-order valence-electron chi connectivity index (χ2n) is 4.12. The molecular weight excluding hydrogens is 271 g/mol. The number of hydrogen-bond donors (Lipinski definition) is 2. The van der Waals surface area contributed by atoms with Gasteiger partial charge in [0.05, 0.1) is 26.4 Å². The zero-order chi connectivity index (χ0) is 15.0. The summed E-state index contributed by atoms with van der Waals surface area (Å²) in [4.78, 5) is 25.2. The van der Waals surface area contributed by atoms with Gasteiger partial charge in [0.1, 0.15) is 12.9 Å². The quantitative estimate of drug-likeness (QED) is 0.611. The summed E-state index contributed by atoms with van der Waals surface area (Å²) in [6.07, 6.45) is 0.994. The third-order valence-corrected chi connectivity index (χ3v) is 2.59. The van der Waals surface area contributed by atoms with E-state index in [1.807, 2.05) is 0 Å². The number of nitrogens with zero attached hydrogens (tertiary/aromatic N) is 1. The van der Waals surface area contributed by atoms with E-state index < -0.39 is 24.2 Å². The number of aryl methyl sites for hydroxylation is 1. The van der Waals surface area contributed by atoms with Gasteiger partial charge in [0.2, 0.25) is 0 Å². The molecule has 0 aliphatic heterocycles. The molecule has 20 heavy (non-hydrogen) atoms. The summed E-state index contributed by atoms with van der Waals surface area (Å²) in [6, 6.07) is 0. The van der Waals surface area contributed by atoms with Gasteiger partial charge in [-0.15, -0.1) is 0 Å². The molecule has 0 radical (unpaired) electrons. The van der Waals surface area contributed by atoms with Crippen molar-refractivity contribution in [2.75, 3.05) is 33.1 Å². The number of ether oxygens (including phenoxy) is 2. The largest absolute Gasteiger partial charge is 0.394 e. The molecule has 0 amide bonds. The van der Waals surface area contributed by atoms with Crippen LogP contribution in [0.25, 0.3) is 0 Å². The monoisotopic (exact) mass is 290 g/mol. The van der Waals surface area contributed by atoms with Crippen molar-refractivity contribution in [2.24, 2.45) is 0 Å². The van der Waals surface area contributed by atoms with Crippen LogP contribution in [0, 0.1) is 6.92 Å². The Balaban J connectivity index is 2.83. The lowest BCUT2D eigenvalue weighted by atomic mass is 10.3. The molecule has 0 aliphatic carbocycles. The summed E-state index contributed by atoms with van der Waals surface area (Å²) in [7, 11) is 0. The minimum absolute atomic E-state index is 0.0216. The van der Waals surface area contributed by atoms with Crippen molar-refractivity contribution in [3.8, 4) is 0 Å². The number of alkyl halides is 1. The maximum atomic E-state index is 11.9. The number of H-pyrrole nitrogens is 1. The fraction of sp³-hybridized carbons (Fsp3) is 0.667. The van der Waals surface area contributed by atoms with E-state index in [1.54, 1.807) is 6.92 Å². The summed E-state index contributed by atoms with van der Waals surface area (Å²) in [6.45, 7) is 1.01. The van der Waals surface area contributed by atoms with E-state index in [0.717, 1.165) is 0 Å². The van der Waals surface area contributed by atoms with Gasteiger partial charge in [0.15, 0.2) is 0 Å². The van der Waals surface area contributed by atoms with Crippen molar-refractivity contribution in [1.29, 1.82) is 0 Å². The van der Waals surface area contributed by atoms with Crippen molar-refractivity contribution in [3.63, 3.8) is 0 Å². The molecule has 2 N–H and O–H groups in total. The molecule has 0 aliphatic rings. The number of aliphatic hydroxyl groups is 1. The molecule has 1 atom stereocenters. The first-order chi connectivity index (χ1) is 9.60. The third-order valence-electron chi connectivity index (χ3n) is 2.59. The van der Waals surface area contributed by atoms with Gasteiger partial charge < -0.3 is 14.6 Å². The topological polar surface area (TPSA) is 93.6 Å². The molecule has 1 rings (SSSR count). The molecule has 0 saturated carbocycles. The Morgan fingerprint density at radius 2 is 2.15 bits per heavy atom. The van der Waals surface area contributed by atoms with Crippen LogP contribution in [0.15, 0.2) is 15.8 Å². The average Bonchev–Trinajstić information content (AvgIpc) is 2.42. The minimum Gasteiger partial charge on any atom is -0.394 e. The van der Waals surface area contributed by atoms with E-state index in [9.17, 15) is 14.0 Å². The molecule has 114 valence electrons. The Bertz CT molecular complexity index is 513. The number of nitrogens with one attached hydrogen (secondary N) is 1. The SMILES string of the molecule is Cc1cn(C(CCOCCF)OCCO)c(=O)[nH]c1=O. The molecule has 0 fully saturated rings. The highest BCUT2D eigenvalue weighted by molar-refractivity contribution is 5.01. The van der Waals surface area contributed by atoms with Crippen LogP contribution in [-0.2, 0) is 9.47 Å². The molecule has 7 nitrogen and oxygen atoms in total. The third kappa shape index (κ3) is 4.87. The van der Waals surface area contributed by atoms with Gasteiger partial charge in [-0.1, -0.05) is 0 Å². The summed E-state index contributed by atoms with van der Waals surface area (Å²) in [5.74, 6) is 0. The molecule has 1 heterocycles. The van der Waals surface area contributed by atoms with Gasteiger partial charge in [-0.3, -0.25) is 14.3 Å². The lowest BCUT2D eigenvalue weighted by Gasteiger charge is -2.20. The zero-order valence-electron chi connectivity index (χ0n) is 11.3. The van der Waals surface area contributed by atoms with Gasteiger partial charge in [0, 0.05) is 18.2 Å². The number of rotatable bonds is 9. The molecule has 1 unspecified atom stereocenters. The van der Waals surface area contributed by atoms with Crippen molar-refractivity contribution in [3.05, 3.63) is 32.6 Å². The Morgan fingerprint density at radius 1 is 1.40 bits per heavy atom. The number of halogens is 1. The van der Waals surface area contributed by atoms with Crippen LogP contribution < -0.4 is 11.2 Å². The molecule has 1 aromatic rings. The molecule has 0 bridgehead atoms. The minimum atomic E-state index is -0.690. The lowest BCUT2D eigenvalue weighted by Crippen LogP contribution is -2.35. The maximum Gasteiger partial charge on any atom is 0.330 e. The Morgan fingerprint density at radius 3 is 2.80 bits per heavy atom. The van der Waals surface area contributed by atoms with Crippen molar-refractivity contribution >= 4 is 0 Å². The highest BCUT2D eigenvalue weighted by Gasteiger charge is 2.14. The standard InChI is InChI=1S/C12H19FN2O5/c1-9-8-15(12(18)14-11(9)17)10(20-7-4-16)2-5-19-6-3-13/h8,10,16H,2-7H2,1H3,(H,14,17,18). The first kappa shape index (κ1) is 16.5. The predicted octanol–water partition coefficient (Wildman–Crippen LogP) is -0.271. The average molecular weight is 290 g/mol. The van der Waals surface area contributed by atoms with Crippen LogP contribution in [0.1, 0.15) is 18.2 Å². The fourth-order valence-electron chi connectivity index (χ4n) is 1.63. The number of aromatic amines is 1. The summed E-state index contributed by atoms with van der Waals surface area (Å²) >= 11 is 0. The smallest absolute Gasteiger partial charge is 0.330 e. The van der Waals surface area contributed by atoms with E-state index in [0.29, 0.717) is 12.0 Å². The predicted molar refractivity (Wildman–Crippen MR) is 69.5 cm³/mol. The van der Waals surface area contributed by atoms with E-state index >= 15 is 0 Å². The van der Waals surface area contributed by atoms with Crippen LogP contribution in [0.3, 0.4) is 0 Å². The van der Waals surface area contributed by atoms with Gasteiger partial charge in [-0.05, 0) is 6.92 Å². The van der Waals surface area contributed by atoms with Gasteiger partial charge in [-0.2, -0.15) is 0 Å². The highest BCUT2D eigenvalue weighted by Crippen LogP contribution is 2.11. The molecule has 0 saturated heterocycles.